The molecule has 7 heteroatoms. The smallest absolute Gasteiger partial charge is 0.252 e. The van der Waals surface area contributed by atoms with Crippen molar-refractivity contribution < 1.29 is 29.6 Å². The van der Waals surface area contributed by atoms with Crippen LogP contribution in [0.25, 0.3) is 0 Å². The summed E-state index contributed by atoms with van der Waals surface area (Å²) in [5, 5.41) is 31.3. The molecule has 1 fully saturated rings. The minimum absolute atomic E-state index is 0.166. The highest BCUT2D eigenvalue weighted by Gasteiger charge is 2.45. The number of Topliss-reactive ketones (excluding diaryl/α,β-unsaturated/α-hetero) is 1. The molecule has 1 aliphatic rings. The SMILES string of the molecule is CCC1C(O)C(O)OC(C(=O)NCC(C)=O)C1O. The average Bonchev–Trinajstić information content (AvgIpc) is 2.31. The average molecular weight is 261 g/mol. The molecule has 0 aromatic rings. The normalized spacial score (nSPS) is 36.2. The second-order valence-corrected chi connectivity index (χ2v) is 4.42. The predicted octanol–water partition coefficient (Wildman–Crippen LogP) is -1.84. The molecule has 0 aromatic heterocycles. The Kier molecular flexibility index (Phi) is 5.21. The summed E-state index contributed by atoms with van der Waals surface area (Å²) in [6, 6.07) is 0. The summed E-state index contributed by atoms with van der Waals surface area (Å²) in [7, 11) is 0. The number of aliphatic hydroxyl groups is 3. The van der Waals surface area contributed by atoms with Crippen LogP contribution in [0, 0.1) is 5.92 Å². The summed E-state index contributed by atoms with van der Waals surface area (Å²) < 4.78 is 4.87. The second kappa shape index (κ2) is 6.24. The molecule has 0 bridgehead atoms. The van der Waals surface area contributed by atoms with Gasteiger partial charge in [0.25, 0.3) is 5.91 Å². The number of nitrogens with one attached hydrogen (secondary N) is 1. The van der Waals surface area contributed by atoms with Crippen LogP contribution < -0.4 is 5.32 Å². The van der Waals surface area contributed by atoms with Crippen molar-refractivity contribution in [2.75, 3.05) is 6.54 Å². The number of carbonyl (C=O) groups is 2. The van der Waals surface area contributed by atoms with Gasteiger partial charge in [-0.3, -0.25) is 9.59 Å². The van der Waals surface area contributed by atoms with Gasteiger partial charge in [0.1, 0.15) is 11.9 Å². The molecule has 7 nitrogen and oxygen atoms in total. The summed E-state index contributed by atoms with van der Waals surface area (Å²) in [5.41, 5.74) is 0. The minimum atomic E-state index is -1.52. The predicted molar refractivity (Wildman–Crippen MR) is 60.4 cm³/mol. The first-order chi connectivity index (χ1) is 8.38. The zero-order valence-corrected chi connectivity index (χ0v) is 10.4. The van der Waals surface area contributed by atoms with E-state index in [2.05, 4.69) is 5.32 Å². The van der Waals surface area contributed by atoms with E-state index in [1.165, 1.54) is 6.92 Å². The lowest BCUT2D eigenvalue weighted by Gasteiger charge is -2.39. The van der Waals surface area contributed by atoms with E-state index < -0.39 is 36.4 Å². The van der Waals surface area contributed by atoms with Crippen LogP contribution in [0.1, 0.15) is 20.3 Å². The highest BCUT2D eigenvalue weighted by atomic mass is 16.6. The largest absolute Gasteiger partial charge is 0.389 e. The molecule has 5 unspecified atom stereocenters. The van der Waals surface area contributed by atoms with E-state index >= 15 is 0 Å². The molecule has 4 N–H and O–H groups in total. The van der Waals surface area contributed by atoms with Crippen molar-refractivity contribution in [3.05, 3.63) is 0 Å². The van der Waals surface area contributed by atoms with Gasteiger partial charge in [0.15, 0.2) is 12.4 Å². The van der Waals surface area contributed by atoms with Crippen LogP contribution in [0.3, 0.4) is 0 Å². The maximum absolute atomic E-state index is 11.7. The van der Waals surface area contributed by atoms with E-state index in [-0.39, 0.29) is 12.3 Å². The van der Waals surface area contributed by atoms with Gasteiger partial charge >= 0.3 is 0 Å². The highest BCUT2D eigenvalue weighted by molar-refractivity contribution is 5.87. The molecule has 0 aliphatic carbocycles. The van der Waals surface area contributed by atoms with Crippen LogP contribution in [0.15, 0.2) is 0 Å². The topological polar surface area (TPSA) is 116 Å². The molecular weight excluding hydrogens is 242 g/mol. The summed E-state index contributed by atoms with van der Waals surface area (Å²) in [5.74, 6) is -1.56. The summed E-state index contributed by atoms with van der Waals surface area (Å²) in [6.45, 7) is 2.87. The molecule has 18 heavy (non-hydrogen) atoms. The zero-order valence-electron chi connectivity index (χ0n) is 10.4. The number of ether oxygens (including phenoxy) is 1. The fourth-order valence-corrected chi connectivity index (χ4v) is 1.96. The highest BCUT2D eigenvalue weighted by Crippen LogP contribution is 2.27. The molecule has 0 aromatic carbocycles. The maximum Gasteiger partial charge on any atom is 0.252 e. The molecule has 0 saturated carbocycles. The number of rotatable bonds is 4. The van der Waals surface area contributed by atoms with Gasteiger partial charge in [0.2, 0.25) is 0 Å². The van der Waals surface area contributed by atoms with Crippen molar-refractivity contribution in [1.29, 1.82) is 0 Å². The van der Waals surface area contributed by atoms with Gasteiger partial charge in [0, 0.05) is 5.92 Å². The number of carbonyl (C=O) groups excluding carboxylic acids is 2. The van der Waals surface area contributed by atoms with Crippen molar-refractivity contribution >= 4 is 11.7 Å². The van der Waals surface area contributed by atoms with E-state index in [1.807, 2.05) is 0 Å². The van der Waals surface area contributed by atoms with Crippen LogP contribution >= 0.6 is 0 Å². The molecule has 0 radical (unpaired) electrons. The van der Waals surface area contributed by atoms with Crippen molar-refractivity contribution in [3.63, 3.8) is 0 Å². The molecule has 1 aliphatic heterocycles. The van der Waals surface area contributed by atoms with Crippen LogP contribution in [-0.2, 0) is 14.3 Å². The Morgan fingerprint density at radius 2 is 1.83 bits per heavy atom. The number of ketones is 1. The van der Waals surface area contributed by atoms with E-state index in [1.54, 1.807) is 6.92 Å². The Hall–Kier alpha value is -1.02. The molecule has 1 rings (SSSR count). The minimum Gasteiger partial charge on any atom is -0.389 e. The molecule has 5 atom stereocenters. The monoisotopic (exact) mass is 261 g/mol. The van der Waals surface area contributed by atoms with Gasteiger partial charge < -0.3 is 25.4 Å². The van der Waals surface area contributed by atoms with E-state index in [0.29, 0.717) is 6.42 Å². The number of hydrogen-bond donors (Lipinski definition) is 4. The third kappa shape index (κ3) is 3.26. The number of aliphatic hydroxyl groups excluding tert-OH is 3. The number of amides is 1. The third-order valence-electron chi connectivity index (χ3n) is 3.01. The van der Waals surface area contributed by atoms with Crippen molar-refractivity contribution in [2.45, 2.75) is 44.9 Å². The second-order valence-electron chi connectivity index (χ2n) is 4.42. The summed E-state index contributed by atoms with van der Waals surface area (Å²) in [6.07, 6.45) is -4.87. The first kappa shape index (κ1) is 15.0. The number of hydrogen-bond acceptors (Lipinski definition) is 6. The lowest BCUT2D eigenvalue weighted by Crippen LogP contribution is -2.58. The van der Waals surface area contributed by atoms with E-state index in [9.17, 15) is 24.9 Å². The van der Waals surface area contributed by atoms with Gasteiger partial charge in [0.05, 0.1) is 12.6 Å². The zero-order chi connectivity index (χ0) is 13.9. The first-order valence-corrected chi connectivity index (χ1v) is 5.85. The van der Waals surface area contributed by atoms with Gasteiger partial charge in [-0.2, -0.15) is 0 Å². The Balaban J connectivity index is 2.70. The maximum atomic E-state index is 11.7. The standard InChI is InChI=1S/C11H19NO6/c1-3-6-7(14)9(18-11(17)8(6)15)10(16)12-4-5(2)13/h6-9,11,14-15,17H,3-4H2,1-2H3,(H,12,16). The van der Waals surface area contributed by atoms with Crippen LogP contribution in [0.2, 0.25) is 0 Å². The third-order valence-corrected chi connectivity index (χ3v) is 3.01. The molecule has 1 saturated heterocycles. The lowest BCUT2D eigenvalue weighted by molar-refractivity contribution is -0.263. The Morgan fingerprint density at radius 1 is 1.22 bits per heavy atom. The van der Waals surface area contributed by atoms with Crippen molar-refractivity contribution in [3.8, 4) is 0 Å². The molecular formula is C11H19NO6. The molecule has 0 spiro atoms. The first-order valence-electron chi connectivity index (χ1n) is 5.85. The van der Waals surface area contributed by atoms with Crippen LogP contribution in [0.4, 0.5) is 0 Å². The molecule has 1 amide bonds. The van der Waals surface area contributed by atoms with E-state index in [0.717, 1.165) is 0 Å². The van der Waals surface area contributed by atoms with Gasteiger partial charge in [-0.05, 0) is 13.3 Å². The quantitative estimate of drug-likeness (QED) is 0.472. The summed E-state index contributed by atoms with van der Waals surface area (Å²) in [4.78, 5) is 22.4. The fourth-order valence-electron chi connectivity index (χ4n) is 1.96. The Bertz CT molecular complexity index is 321. The van der Waals surface area contributed by atoms with Crippen LogP contribution in [-0.4, -0.2) is 58.2 Å². The van der Waals surface area contributed by atoms with E-state index in [4.69, 9.17) is 4.74 Å². The van der Waals surface area contributed by atoms with Gasteiger partial charge in [-0.25, -0.2) is 0 Å². The van der Waals surface area contributed by atoms with Crippen molar-refractivity contribution in [1.82, 2.24) is 5.32 Å². The van der Waals surface area contributed by atoms with Crippen molar-refractivity contribution in [2.24, 2.45) is 5.92 Å². The van der Waals surface area contributed by atoms with Gasteiger partial charge in [-0.1, -0.05) is 6.92 Å². The Morgan fingerprint density at radius 3 is 2.33 bits per heavy atom. The molecule has 104 valence electrons. The fraction of sp³-hybridized carbons (Fsp3) is 0.818. The Labute approximate surface area is 105 Å². The van der Waals surface area contributed by atoms with Gasteiger partial charge in [-0.15, -0.1) is 0 Å². The summed E-state index contributed by atoms with van der Waals surface area (Å²) >= 11 is 0. The molecule has 1 heterocycles. The van der Waals surface area contributed by atoms with Crippen LogP contribution in [0.5, 0.6) is 0 Å². The lowest BCUT2D eigenvalue weighted by atomic mass is 9.86.